The number of thiazole rings is 2. The molecule has 15 heteroatoms. The first kappa shape index (κ1) is 43.1. The van der Waals surface area contributed by atoms with Gasteiger partial charge in [0.15, 0.2) is 10.3 Å². The molecule has 2 aromatic carbocycles. The number of rotatable bonds is 11. The summed E-state index contributed by atoms with van der Waals surface area (Å²) in [6.07, 6.45) is 14.1. The van der Waals surface area contributed by atoms with E-state index in [4.69, 9.17) is 15.1 Å². The third kappa shape index (κ3) is 11.6. The van der Waals surface area contributed by atoms with Gasteiger partial charge in [-0.05, 0) is 134 Å². The van der Waals surface area contributed by atoms with E-state index in [1.54, 1.807) is 34.8 Å². The molecule has 0 radical (unpaired) electrons. The molecule has 0 aliphatic carbocycles. The number of carboxylic acids is 1. The van der Waals surface area contributed by atoms with Crippen LogP contribution in [0.1, 0.15) is 105 Å². The van der Waals surface area contributed by atoms with Gasteiger partial charge in [0.2, 0.25) is 0 Å². The van der Waals surface area contributed by atoms with Crippen LogP contribution in [-0.4, -0.2) is 68.2 Å². The zero-order chi connectivity index (χ0) is 42.0. The van der Waals surface area contributed by atoms with Crippen molar-refractivity contribution in [1.29, 1.82) is 0 Å². The number of aryl methyl sites for hydroxylation is 2. The van der Waals surface area contributed by atoms with E-state index in [2.05, 4.69) is 53.8 Å². The van der Waals surface area contributed by atoms with E-state index in [0.29, 0.717) is 30.2 Å². The number of carbonyl (C=O) groups excluding carboxylic acids is 2. The molecule has 8 rings (SSSR count). The van der Waals surface area contributed by atoms with Crippen molar-refractivity contribution < 1.29 is 19.5 Å². The van der Waals surface area contributed by atoms with E-state index >= 15 is 0 Å². The number of carbonyl (C=O) groups is 3. The van der Waals surface area contributed by atoms with Crippen molar-refractivity contribution in [2.24, 2.45) is 0 Å². The highest BCUT2D eigenvalue weighted by Crippen LogP contribution is 2.27. The van der Waals surface area contributed by atoms with E-state index < -0.39 is 5.97 Å². The Morgan fingerprint density at radius 3 is 1.43 bits per heavy atom. The van der Waals surface area contributed by atoms with Crippen LogP contribution in [0.2, 0.25) is 0 Å². The Hall–Kier alpha value is -5.00. The minimum absolute atomic E-state index is 0.0951. The molecular formula is C45H51IN8O4S2. The highest BCUT2D eigenvalue weighted by Gasteiger charge is 2.19. The lowest BCUT2D eigenvalue weighted by Crippen LogP contribution is -2.23. The van der Waals surface area contributed by atoms with Crippen molar-refractivity contribution in [2.45, 2.75) is 78.3 Å². The average Bonchev–Trinajstić information content (AvgIpc) is 3.96. The first-order valence-electron chi connectivity index (χ1n) is 20.5. The number of hydrogen-bond donors (Lipinski definition) is 3. The fraction of sp³-hybridized carbons (Fsp3) is 0.356. The Morgan fingerprint density at radius 2 is 1.03 bits per heavy atom. The maximum Gasteiger partial charge on any atom is 0.335 e. The average molecular weight is 959 g/mol. The number of amides is 2. The van der Waals surface area contributed by atoms with Gasteiger partial charge in [0.1, 0.15) is 11.4 Å². The summed E-state index contributed by atoms with van der Waals surface area (Å²) in [5.41, 5.74) is 6.76. The second kappa shape index (κ2) is 20.5. The van der Waals surface area contributed by atoms with Crippen molar-refractivity contribution in [2.75, 3.05) is 46.6 Å². The van der Waals surface area contributed by atoms with Crippen molar-refractivity contribution in [3.05, 3.63) is 127 Å². The van der Waals surface area contributed by atoms with Crippen LogP contribution in [0.5, 0.6) is 0 Å². The van der Waals surface area contributed by atoms with Gasteiger partial charge in [0.25, 0.3) is 11.8 Å². The predicted octanol–water partition coefficient (Wildman–Crippen LogP) is 10.2. The molecule has 0 atom stereocenters. The van der Waals surface area contributed by atoms with Crippen LogP contribution < -0.4 is 20.4 Å². The Kier molecular flexibility index (Phi) is 14.7. The second-order valence-electron chi connectivity index (χ2n) is 15.4. The first-order chi connectivity index (χ1) is 29.1. The largest absolute Gasteiger partial charge is 0.478 e. The molecule has 0 saturated carbocycles. The van der Waals surface area contributed by atoms with Gasteiger partial charge in [-0.3, -0.25) is 9.59 Å². The number of aromatic nitrogens is 4. The number of nitrogens with zero attached hydrogens (tertiary/aromatic N) is 6. The lowest BCUT2D eigenvalue weighted by atomic mass is 10.2. The fourth-order valence-electron chi connectivity index (χ4n) is 7.48. The predicted molar refractivity (Wildman–Crippen MR) is 251 cm³/mol. The standard InChI is InChI=1S/C23H26N4O3S.C22H25IN4OS/c1-16-12-20(21(28)24-18-8-6-17(7-9-18)22(29)30)27(13-16)14-19-15-31-23(25-19)26-10-4-2-3-5-11-26;1-16-12-20(21(28)24-18-8-6-17(23)7-9-18)27(13-16)14-19-15-29-22(25-19)26-10-4-2-3-5-11-26/h6-9,12-13,15H,2-5,10-11,14H2,1H3,(H,24,28)(H,29,30);6-9,12-13,15H,2-5,10-11,14H2,1H3,(H,24,28). The van der Waals surface area contributed by atoms with Crippen molar-refractivity contribution in [3.63, 3.8) is 0 Å². The molecule has 2 aliphatic rings. The van der Waals surface area contributed by atoms with Crippen LogP contribution in [0.4, 0.5) is 21.6 Å². The van der Waals surface area contributed by atoms with E-state index in [9.17, 15) is 14.4 Å². The second-order valence-corrected chi connectivity index (χ2v) is 18.3. The summed E-state index contributed by atoms with van der Waals surface area (Å²) in [5, 5.41) is 21.2. The normalized spacial score (nSPS) is 14.4. The Balaban J connectivity index is 0.000000182. The number of hydrogen-bond acceptors (Lipinski definition) is 9. The van der Waals surface area contributed by atoms with Gasteiger partial charge in [-0.1, -0.05) is 25.7 Å². The molecule has 314 valence electrons. The molecule has 2 aliphatic heterocycles. The molecule has 2 fully saturated rings. The highest BCUT2D eigenvalue weighted by molar-refractivity contribution is 14.1. The molecule has 0 bridgehead atoms. The van der Waals surface area contributed by atoms with Gasteiger partial charge in [-0.2, -0.15) is 0 Å². The lowest BCUT2D eigenvalue weighted by Gasteiger charge is -2.18. The third-order valence-corrected chi connectivity index (χ3v) is 13.1. The van der Waals surface area contributed by atoms with Crippen LogP contribution in [0.3, 0.4) is 0 Å². The molecule has 2 amide bonds. The fourth-order valence-corrected chi connectivity index (χ4v) is 9.58. The van der Waals surface area contributed by atoms with Gasteiger partial charge < -0.3 is 34.7 Å². The lowest BCUT2D eigenvalue weighted by molar-refractivity contribution is 0.0696. The third-order valence-electron chi connectivity index (χ3n) is 10.5. The van der Waals surface area contributed by atoms with Gasteiger partial charge in [-0.15, -0.1) is 22.7 Å². The number of anilines is 4. The Labute approximate surface area is 372 Å². The van der Waals surface area contributed by atoms with Crippen LogP contribution in [0.25, 0.3) is 0 Å². The van der Waals surface area contributed by atoms with Crippen LogP contribution in [0, 0.1) is 17.4 Å². The summed E-state index contributed by atoms with van der Waals surface area (Å²) >= 11 is 5.63. The molecule has 0 spiro atoms. The summed E-state index contributed by atoms with van der Waals surface area (Å²) in [7, 11) is 0. The Bertz CT molecular complexity index is 2370. The maximum atomic E-state index is 12.9. The topological polar surface area (TPSA) is 138 Å². The van der Waals surface area contributed by atoms with Crippen molar-refractivity contribution in [3.8, 4) is 0 Å². The summed E-state index contributed by atoms with van der Waals surface area (Å²) in [6.45, 7) is 9.42. The smallest absolute Gasteiger partial charge is 0.335 e. The number of halogens is 1. The molecule has 6 aromatic rings. The number of benzene rings is 2. The zero-order valence-electron chi connectivity index (χ0n) is 34.0. The van der Waals surface area contributed by atoms with Gasteiger partial charge in [0, 0.05) is 64.3 Å². The minimum atomic E-state index is -0.995. The van der Waals surface area contributed by atoms with E-state index in [0.717, 1.165) is 68.2 Å². The molecule has 3 N–H and O–H groups in total. The van der Waals surface area contributed by atoms with Crippen LogP contribution in [0.15, 0.2) is 83.8 Å². The molecule has 60 heavy (non-hydrogen) atoms. The summed E-state index contributed by atoms with van der Waals surface area (Å²) in [4.78, 5) is 51.2. The monoisotopic (exact) mass is 958 g/mol. The maximum absolute atomic E-state index is 12.9. The first-order valence-corrected chi connectivity index (χ1v) is 23.4. The van der Waals surface area contributed by atoms with E-state index in [1.165, 1.54) is 63.5 Å². The summed E-state index contributed by atoms with van der Waals surface area (Å²) in [6, 6.07) is 17.7. The molecular weight excluding hydrogens is 908 g/mol. The summed E-state index contributed by atoms with van der Waals surface area (Å²) < 4.78 is 5.06. The summed E-state index contributed by atoms with van der Waals surface area (Å²) in [5.74, 6) is -1.33. The highest BCUT2D eigenvalue weighted by atomic mass is 127. The van der Waals surface area contributed by atoms with E-state index in [-0.39, 0.29) is 17.4 Å². The number of carboxylic acid groups (broad SMARTS) is 1. The van der Waals surface area contributed by atoms with Crippen LogP contribution in [-0.2, 0) is 13.1 Å². The Morgan fingerprint density at radius 1 is 0.633 bits per heavy atom. The van der Waals surface area contributed by atoms with Crippen molar-refractivity contribution in [1.82, 2.24) is 19.1 Å². The van der Waals surface area contributed by atoms with Crippen LogP contribution >= 0.6 is 45.3 Å². The number of nitrogens with one attached hydrogen (secondary N) is 2. The molecule has 2 saturated heterocycles. The zero-order valence-corrected chi connectivity index (χ0v) is 37.8. The quantitative estimate of drug-likeness (QED) is 0.109. The molecule has 0 unspecified atom stereocenters. The van der Waals surface area contributed by atoms with Gasteiger partial charge in [-0.25, -0.2) is 14.8 Å². The minimum Gasteiger partial charge on any atom is -0.478 e. The molecule has 6 heterocycles. The van der Waals surface area contributed by atoms with Gasteiger partial charge in [0.05, 0.1) is 30.0 Å². The SMILES string of the molecule is Cc1cc(C(=O)Nc2ccc(C(=O)O)cc2)n(Cc2csc(N3CCCCCC3)n2)c1.Cc1cc(C(=O)Nc2ccc(I)cc2)n(Cc2csc(N3CCCCCC3)n2)c1. The van der Waals surface area contributed by atoms with E-state index in [1.807, 2.05) is 71.8 Å². The number of aromatic carboxylic acids is 1. The van der Waals surface area contributed by atoms with Crippen molar-refractivity contribution >= 4 is 84.7 Å². The molecule has 12 nitrogen and oxygen atoms in total. The van der Waals surface area contributed by atoms with Gasteiger partial charge >= 0.3 is 5.97 Å². The molecule has 4 aromatic heterocycles.